The van der Waals surface area contributed by atoms with E-state index in [1.54, 1.807) is 11.3 Å². The van der Waals surface area contributed by atoms with Gasteiger partial charge in [0.1, 0.15) is 0 Å². The van der Waals surface area contributed by atoms with Crippen molar-refractivity contribution in [2.45, 2.75) is 13.0 Å². The highest BCUT2D eigenvalue weighted by Gasteiger charge is 2.04. The fraction of sp³-hybridized carbons (Fsp3) is 0.667. The van der Waals surface area contributed by atoms with E-state index in [1.165, 1.54) is 4.88 Å². The largest absolute Gasteiger partial charge is 0.394 e. The Morgan fingerprint density at radius 1 is 1.64 bits per heavy atom. The summed E-state index contributed by atoms with van der Waals surface area (Å²) in [5.41, 5.74) is 1.83. The lowest BCUT2D eigenvalue weighted by Gasteiger charge is -2.11. The number of ether oxygens (including phenoxy) is 1. The lowest BCUT2D eigenvalue weighted by molar-refractivity contribution is 0.0929. The number of thiazole rings is 1. The fourth-order valence-corrected chi connectivity index (χ4v) is 1.71. The Kier molecular flexibility index (Phi) is 5.70. The molecule has 0 saturated heterocycles. The zero-order chi connectivity index (χ0) is 10.2. The van der Waals surface area contributed by atoms with Crippen molar-refractivity contribution in [1.82, 2.24) is 10.3 Å². The molecule has 0 amide bonds. The molecule has 80 valence electrons. The quantitative estimate of drug-likeness (QED) is 0.662. The van der Waals surface area contributed by atoms with Crippen LogP contribution in [0.25, 0.3) is 0 Å². The first-order valence-electron chi connectivity index (χ1n) is 4.65. The lowest BCUT2D eigenvalue weighted by atomic mass is 10.3. The van der Waals surface area contributed by atoms with E-state index in [4.69, 9.17) is 9.84 Å². The zero-order valence-electron chi connectivity index (χ0n) is 8.27. The van der Waals surface area contributed by atoms with Gasteiger partial charge >= 0.3 is 0 Å². The molecule has 14 heavy (non-hydrogen) atoms. The molecular weight excluding hydrogens is 200 g/mol. The third-order valence-electron chi connectivity index (χ3n) is 1.81. The van der Waals surface area contributed by atoms with Crippen molar-refractivity contribution in [1.29, 1.82) is 0 Å². The van der Waals surface area contributed by atoms with Crippen molar-refractivity contribution in [3.8, 4) is 0 Å². The molecule has 0 radical (unpaired) electrons. The maximum absolute atomic E-state index is 8.47. The Labute approximate surface area is 87.9 Å². The van der Waals surface area contributed by atoms with Crippen LogP contribution in [0.15, 0.2) is 11.7 Å². The normalized spacial score (nSPS) is 13.0. The summed E-state index contributed by atoms with van der Waals surface area (Å²) in [4.78, 5) is 5.24. The molecule has 0 spiro atoms. The summed E-state index contributed by atoms with van der Waals surface area (Å²) < 4.78 is 5.13. The van der Waals surface area contributed by atoms with Gasteiger partial charge in [-0.1, -0.05) is 0 Å². The number of aliphatic hydroxyl groups excluding tert-OH is 1. The van der Waals surface area contributed by atoms with Crippen molar-refractivity contribution in [2.24, 2.45) is 0 Å². The Morgan fingerprint density at radius 2 is 2.50 bits per heavy atom. The molecule has 1 unspecified atom stereocenters. The standard InChI is InChI=1S/C9H16N2O2S/c1-8(9-6-10-7-14-9)11-2-4-13-5-3-12/h6-8,11-12H,2-5H2,1H3. The van der Waals surface area contributed by atoms with Gasteiger partial charge in [0.25, 0.3) is 0 Å². The van der Waals surface area contributed by atoms with Gasteiger partial charge < -0.3 is 15.2 Å². The molecular formula is C9H16N2O2S. The first kappa shape index (κ1) is 11.6. The second kappa shape index (κ2) is 6.89. The Morgan fingerprint density at radius 3 is 3.14 bits per heavy atom. The van der Waals surface area contributed by atoms with E-state index in [2.05, 4.69) is 17.2 Å². The number of hydrogen-bond donors (Lipinski definition) is 2. The van der Waals surface area contributed by atoms with Crippen LogP contribution in [0.5, 0.6) is 0 Å². The smallest absolute Gasteiger partial charge is 0.0794 e. The molecule has 1 atom stereocenters. The summed E-state index contributed by atoms with van der Waals surface area (Å²) in [5, 5.41) is 11.8. The second-order valence-corrected chi connectivity index (χ2v) is 3.83. The lowest BCUT2D eigenvalue weighted by Crippen LogP contribution is -2.23. The zero-order valence-corrected chi connectivity index (χ0v) is 9.09. The highest BCUT2D eigenvalue weighted by molar-refractivity contribution is 7.09. The van der Waals surface area contributed by atoms with Crippen LogP contribution in [-0.4, -0.2) is 36.5 Å². The maximum Gasteiger partial charge on any atom is 0.0794 e. The van der Waals surface area contributed by atoms with Crippen LogP contribution in [-0.2, 0) is 4.74 Å². The highest BCUT2D eigenvalue weighted by atomic mass is 32.1. The van der Waals surface area contributed by atoms with E-state index in [1.807, 2.05) is 11.7 Å². The Hall–Kier alpha value is -0.490. The van der Waals surface area contributed by atoms with Crippen LogP contribution >= 0.6 is 11.3 Å². The summed E-state index contributed by atoms with van der Waals surface area (Å²) in [5.74, 6) is 0. The van der Waals surface area contributed by atoms with E-state index in [9.17, 15) is 0 Å². The van der Waals surface area contributed by atoms with Gasteiger partial charge in [-0.15, -0.1) is 11.3 Å². The van der Waals surface area contributed by atoms with Crippen LogP contribution in [0, 0.1) is 0 Å². The van der Waals surface area contributed by atoms with Crippen LogP contribution in [0.3, 0.4) is 0 Å². The molecule has 1 heterocycles. The van der Waals surface area contributed by atoms with Gasteiger partial charge in [0, 0.05) is 23.7 Å². The van der Waals surface area contributed by atoms with Gasteiger partial charge in [-0.25, -0.2) is 0 Å². The first-order valence-corrected chi connectivity index (χ1v) is 5.53. The molecule has 0 aliphatic carbocycles. The minimum atomic E-state index is 0.0877. The average molecular weight is 216 g/mol. The van der Waals surface area contributed by atoms with Gasteiger partial charge in [0.05, 0.1) is 25.3 Å². The van der Waals surface area contributed by atoms with Gasteiger partial charge in [-0.05, 0) is 6.92 Å². The monoisotopic (exact) mass is 216 g/mol. The van der Waals surface area contributed by atoms with Crippen LogP contribution in [0.1, 0.15) is 17.8 Å². The van der Waals surface area contributed by atoms with Crippen molar-refractivity contribution >= 4 is 11.3 Å². The Balaban J connectivity index is 2.07. The van der Waals surface area contributed by atoms with Crippen molar-refractivity contribution in [2.75, 3.05) is 26.4 Å². The number of hydrogen-bond acceptors (Lipinski definition) is 5. The molecule has 1 aromatic rings. The van der Waals surface area contributed by atoms with Crippen LogP contribution in [0.2, 0.25) is 0 Å². The van der Waals surface area contributed by atoms with Crippen LogP contribution in [0.4, 0.5) is 0 Å². The van der Waals surface area contributed by atoms with Gasteiger partial charge in [-0.3, -0.25) is 4.98 Å². The number of aliphatic hydroxyl groups is 1. The summed E-state index contributed by atoms with van der Waals surface area (Å²) in [7, 11) is 0. The topological polar surface area (TPSA) is 54.4 Å². The molecule has 0 saturated carbocycles. The number of nitrogens with one attached hydrogen (secondary N) is 1. The Bertz CT molecular complexity index is 229. The average Bonchev–Trinajstić information content (AvgIpc) is 2.70. The van der Waals surface area contributed by atoms with E-state index in [0.29, 0.717) is 19.3 Å². The van der Waals surface area contributed by atoms with Gasteiger partial charge in [0.2, 0.25) is 0 Å². The predicted molar refractivity (Wildman–Crippen MR) is 56.4 cm³/mol. The molecule has 1 rings (SSSR count). The van der Waals surface area contributed by atoms with E-state index >= 15 is 0 Å². The van der Waals surface area contributed by atoms with E-state index < -0.39 is 0 Å². The number of aromatic nitrogens is 1. The minimum Gasteiger partial charge on any atom is -0.394 e. The molecule has 2 N–H and O–H groups in total. The van der Waals surface area contributed by atoms with Gasteiger partial charge in [-0.2, -0.15) is 0 Å². The third kappa shape index (κ3) is 4.15. The molecule has 5 heteroatoms. The second-order valence-electron chi connectivity index (χ2n) is 2.92. The van der Waals surface area contributed by atoms with Gasteiger partial charge in [0.15, 0.2) is 0 Å². The summed E-state index contributed by atoms with van der Waals surface area (Å²) in [6, 6.07) is 0.320. The third-order valence-corrected chi connectivity index (χ3v) is 2.77. The molecule has 0 aliphatic heterocycles. The van der Waals surface area contributed by atoms with Crippen molar-refractivity contribution in [3.63, 3.8) is 0 Å². The number of rotatable bonds is 7. The molecule has 1 aromatic heterocycles. The van der Waals surface area contributed by atoms with E-state index in [0.717, 1.165) is 6.54 Å². The molecule has 0 aliphatic rings. The van der Waals surface area contributed by atoms with Crippen molar-refractivity contribution in [3.05, 3.63) is 16.6 Å². The summed E-state index contributed by atoms with van der Waals surface area (Å²) >= 11 is 1.64. The molecule has 0 bridgehead atoms. The molecule has 0 fully saturated rings. The maximum atomic E-state index is 8.47. The fourth-order valence-electron chi connectivity index (χ4n) is 1.05. The number of nitrogens with zero attached hydrogens (tertiary/aromatic N) is 1. The SMILES string of the molecule is CC(NCCOCCO)c1cncs1. The summed E-state index contributed by atoms with van der Waals surface area (Å²) in [6.45, 7) is 4.02. The minimum absolute atomic E-state index is 0.0877. The summed E-state index contributed by atoms with van der Waals surface area (Å²) in [6.07, 6.45) is 1.87. The van der Waals surface area contributed by atoms with E-state index in [-0.39, 0.29) is 6.61 Å². The molecule has 4 nitrogen and oxygen atoms in total. The van der Waals surface area contributed by atoms with Crippen molar-refractivity contribution < 1.29 is 9.84 Å². The van der Waals surface area contributed by atoms with Crippen LogP contribution < -0.4 is 5.32 Å². The first-order chi connectivity index (χ1) is 6.84. The molecule has 0 aromatic carbocycles. The highest BCUT2D eigenvalue weighted by Crippen LogP contribution is 2.15. The predicted octanol–water partition coefficient (Wildman–Crippen LogP) is 0.803.